The van der Waals surface area contributed by atoms with Crippen LogP contribution in [-0.4, -0.2) is 20.3 Å². The van der Waals surface area contributed by atoms with E-state index in [0.717, 1.165) is 18.0 Å². The number of piperidine rings is 1. The van der Waals surface area contributed by atoms with Gasteiger partial charge in [0.25, 0.3) is 0 Å². The summed E-state index contributed by atoms with van der Waals surface area (Å²) in [5.74, 6) is 1.73. The molecule has 3 heteroatoms. The van der Waals surface area contributed by atoms with Crippen LogP contribution in [0.25, 0.3) is 0 Å². The van der Waals surface area contributed by atoms with Crippen molar-refractivity contribution in [3.05, 3.63) is 23.8 Å². The molecule has 0 radical (unpaired) electrons. The molecule has 0 saturated carbocycles. The minimum atomic E-state index is 0.402. The Balaban J connectivity index is 2.28. The standard InChI is InChI=1S/C14H21NO2/c1-3-17-13-9-6-7-11(14(13)16-2)12-8-4-5-10-15-12/h6-7,9,12,15H,3-5,8,10H2,1-2H3. The number of hydrogen-bond donors (Lipinski definition) is 1. The lowest BCUT2D eigenvalue weighted by Crippen LogP contribution is -2.27. The van der Waals surface area contributed by atoms with Gasteiger partial charge in [0.1, 0.15) is 0 Å². The predicted molar refractivity (Wildman–Crippen MR) is 68.8 cm³/mol. The second-order valence-corrected chi connectivity index (χ2v) is 4.31. The van der Waals surface area contributed by atoms with Gasteiger partial charge in [-0.25, -0.2) is 0 Å². The highest BCUT2D eigenvalue weighted by Gasteiger charge is 2.20. The van der Waals surface area contributed by atoms with Gasteiger partial charge in [-0.15, -0.1) is 0 Å². The van der Waals surface area contributed by atoms with Crippen LogP contribution >= 0.6 is 0 Å². The fourth-order valence-electron chi connectivity index (χ4n) is 2.41. The molecule has 0 bridgehead atoms. The molecule has 1 atom stereocenters. The summed E-state index contributed by atoms with van der Waals surface area (Å²) in [6.07, 6.45) is 3.72. The lowest BCUT2D eigenvalue weighted by molar-refractivity contribution is 0.304. The Hall–Kier alpha value is -1.22. The van der Waals surface area contributed by atoms with E-state index >= 15 is 0 Å². The van der Waals surface area contributed by atoms with Crippen LogP contribution in [0, 0.1) is 0 Å². The maximum atomic E-state index is 5.61. The third-order valence-corrected chi connectivity index (χ3v) is 3.20. The molecule has 1 fully saturated rings. The van der Waals surface area contributed by atoms with Crippen LogP contribution in [0.1, 0.15) is 37.8 Å². The van der Waals surface area contributed by atoms with Gasteiger partial charge in [0.2, 0.25) is 0 Å². The summed E-state index contributed by atoms with van der Waals surface area (Å²) in [7, 11) is 1.71. The highest BCUT2D eigenvalue weighted by Crippen LogP contribution is 2.37. The Morgan fingerprint density at radius 2 is 2.24 bits per heavy atom. The number of nitrogens with one attached hydrogen (secondary N) is 1. The third kappa shape index (κ3) is 2.72. The average Bonchev–Trinajstić information content (AvgIpc) is 2.40. The summed E-state index contributed by atoms with van der Waals surface area (Å²) >= 11 is 0. The van der Waals surface area contributed by atoms with Gasteiger partial charge < -0.3 is 14.8 Å². The van der Waals surface area contributed by atoms with Crippen molar-refractivity contribution in [1.82, 2.24) is 5.32 Å². The minimum Gasteiger partial charge on any atom is -0.493 e. The van der Waals surface area contributed by atoms with Gasteiger partial charge in [-0.2, -0.15) is 0 Å². The van der Waals surface area contributed by atoms with Crippen LogP contribution in [0.4, 0.5) is 0 Å². The first-order valence-electron chi connectivity index (χ1n) is 6.40. The summed E-state index contributed by atoms with van der Waals surface area (Å²) in [5, 5.41) is 3.54. The number of para-hydroxylation sites is 1. The van der Waals surface area contributed by atoms with Crippen molar-refractivity contribution >= 4 is 0 Å². The molecule has 0 amide bonds. The Morgan fingerprint density at radius 1 is 1.35 bits per heavy atom. The van der Waals surface area contributed by atoms with Crippen molar-refractivity contribution in [2.75, 3.05) is 20.3 Å². The number of rotatable bonds is 4. The van der Waals surface area contributed by atoms with E-state index in [4.69, 9.17) is 9.47 Å². The van der Waals surface area contributed by atoms with Crippen LogP contribution in [0.3, 0.4) is 0 Å². The Kier molecular flexibility index (Phi) is 4.26. The molecule has 0 aromatic heterocycles. The predicted octanol–water partition coefficient (Wildman–Crippen LogP) is 2.91. The van der Waals surface area contributed by atoms with E-state index in [9.17, 15) is 0 Å². The molecular formula is C14H21NO2. The topological polar surface area (TPSA) is 30.5 Å². The molecule has 1 aliphatic rings. The molecule has 1 aromatic carbocycles. The van der Waals surface area contributed by atoms with E-state index < -0.39 is 0 Å². The first kappa shape index (κ1) is 12.2. The van der Waals surface area contributed by atoms with Gasteiger partial charge in [0.05, 0.1) is 13.7 Å². The summed E-state index contributed by atoms with van der Waals surface area (Å²) < 4.78 is 11.1. The quantitative estimate of drug-likeness (QED) is 0.870. The van der Waals surface area contributed by atoms with Gasteiger partial charge in [-0.05, 0) is 32.4 Å². The Morgan fingerprint density at radius 3 is 2.88 bits per heavy atom. The first-order valence-corrected chi connectivity index (χ1v) is 6.40. The molecule has 17 heavy (non-hydrogen) atoms. The fourth-order valence-corrected chi connectivity index (χ4v) is 2.41. The number of benzene rings is 1. The van der Waals surface area contributed by atoms with E-state index in [0.29, 0.717) is 12.6 Å². The number of ether oxygens (including phenoxy) is 2. The SMILES string of the molecule is CCOc1cccc(C2CCCCN2)c1OC. The monoisotopic (exact) mass is 235 g/mol. The highest BCUT2D eigenvalue weighted by molar-refractivity contribution is 5.48. The van der Waals surface area contributed by atoms with Crippen LogP contribution in [-0.2, 0) is 0 Å². The second kappa shape index (κ2) is 5.92. The van der Waals surface area contributed by atoms with E-state index in [1.165, 1.54) is 24.8 Å². The molecule has 0 spiro atoms. The van der Waals surface area contributed by atoms with Crippen LogP contribution in [0.15, 0.2) is 18.2 Å². The summed E-state index contributed by atoms with van der Waals surface area (Å²) in [5.41, 5.74) is 1.22. The lowest BCUT2D eigenvalue weighted by Gasteiger charge is -2.26. The van der Waals surface area contributed by atoms with Crippen LogP contribution < -0.4 is 14.8 Å². The Bertz CT molecular complexity index is 359. The zero-order valence-corrected chi connectivity index (χ0v) is 10.7. The Labute approximate surface area is 103 Å². The highest BCUT2D eigenvalue weighted by atomic mass is 16.5. The number of hydrogen-bond acceptors (Lipinski definition) is 3. The van der Waals surface area contributed by atoms with E-state index in [1.54, 1.807) is 7.11 Å². The minimum absolute atomic E-state index is 0.402. The van der Waals surface area contributed by atoms with Crippen molar-refractivity contribution in [1.29, 1.82) is 0 Å². The van der Waals surface area contributed by atoms with Gasteiger partial charge in [-0.1, -0.05) is 18.6 Å². The lowest BCUT2D eigenvalue weighted by atomic mass is 9.96. The molecule has 1 saturated heterocycles. The summed E-state index contributed by atoms with van der Waals surface area (Å²) in [6.45, 7) is 3.75. The van der Waals surface area contributed by atoms with E-state index in [1.807, 2.05) is 19.1 Å². The average molecular weight is 235 g/mol. The molecule has 1 unspecified atom stereocenters. The van der Waals surface area contributed by atoms with Gasteiger partial charge in [-0.3, -0.25) is 0 Å². The molecule has 94 valence electrons. The smallest absolute Gasteiger partial charge is 0.165 e. The molecule has 1 aliphatic heterocycles. The summed E-state index contributed by atoms with van der Waals surface area (Å²) in [6, 6.07) is 6.54. The van der Waals surface area contributed by atoms with Crippen molar-refractivity contribution < 1.29 is 9.47 Å². The normalized spacial score (nSPS) is 20.0. The van der Waals surface area contributed by atoms with Crippen molar-refractivity contribution in [3.63, 3.8) is 0 Å². The molecule has 2 rings (SSSR count). The molecule has 3 nitrogen and oxygen atoms in total. The van der Waals surface area contributed by atoms with Crippen LogP contribution in [0.5, 0.6) is 11.5 Å². The van der Waals surface area contributed by atoms with E-state index in [-0.39, 0.29) is 0 Å². The molecular weight excluding hydrogens is 214 g/mol. The fraction of sp³-hybridized carbons (Fsp3) is 0.571. The zero-order valence-electron chi connectivity index (χ0n) is 10.7. The van der Waals surface area contributed by atoms with E-state index in [2.05, 4.69) is 11.4 Å². The van der Waals surface area contributed by atoms with Crippen LogP contribution in [0.2, 0.25) is 0 Å². The van der Waals surface area contributed by atoms with Crippen molar-refractivity contribution in [2.24, 2.45) is 0 Å². The zero-order chi connectivity index (χ0) is 12.1. The molecule has 1 N–H and O–H groups in total. The molecule has 1 aromatic rings. The van der Waals surface area contributed by atoms with Crippen molar-refractivity contribution in [3.8, 4) is 11.5 Å². The molecule has 1 heterocycles. The van der Waals surface area contributed by atoms with Gasteiger partial charge in [0.15, 0.2) is 11.5 Å². The first-order chi connectivity index (χ1) is 8.36. The second-order valence-electron chi connectivity index (χ2n) is 4.31. The maximum absolute atomic E-state index is 5.61. The largest absolute Gasteiger partial charge is 0.493 e. The van der Waals surface area contributed by atoms with Gasteiger partial charge >= 0.3 is 0 Å². The summed E-state index contributed by atoms with van der Waals surface area (Å²) in [4.78, 5) is 0. The number of methoxy groups -OCH3 is 1. The third-order valence-electron chi connectivity index (χ3n) is 3.20. The van der Waals surface area contributed by atoms with Gasteiger partial charge in [0, 0.05) is 11.6 Å². The maximum Gasteiger partial charge on any atom is 0.165 e. The molecule has 0 aliphatic carbocycles. The van der Waals surface area contributed by atoms with Crippen molar-refractivity contribution in [2.45, 2.75) is 32.2 Å².